The fourth-order valence-electron chi connectivity index (χ4n) is 3.52. The lowest BCUT2D eigenvalue weighted by Gasteiger charge is -2.37. The summed E-state index contributed by atoms with van der Waals surface area (Å²) in [7, 11) is 3.14. The smallest absolute Gasteiger partial charge is 0.227 e. The third kappa shape index (κ3) is 4.84. The number of halogens is 1. The number of benzene rings is 2. The van der Waals surface area contributed by atoms with Crippen LogP contribution >= 0.6 is 0 Å². The molecule has 152 valence electrons. The third-order valence-electron chi connectivity index (χ3n) is 5.14. The number of nitriles is 1. The number of piperazine rings is 1. The summed E-state index contributed by atoms with van der Waals surface area (Å²) in [6, 6.07) is 13.3. The number of carbonyl (C=O) groups is 1. The van der Waals surface area contributed by atoms with Gasteiger partial charge in [0.05, 0.1) is 26.7 Å². The van der Waals surface area contributed by atoms with Crippen LogP contribution in [-0.4, -0.2) is 56.1 Å². The van der Waals surface area contributed by atoms with Crippen LogP contribution in [0.3, 0.4) is 0 Å². The molecule has 1 saturated heterocycles. The van der Waals surface area contributed by atoms with E-state index in [2.05, 4.69) is 6.07 Å². The number of methoxy groups -OCH3 is 2. The zero-order chi connectivity index (χ0) is 20.8. The summed E-state index contributed by atoms with van der Waals surface area (Å²) in [5.74, 6) is 0.933. The predicted octanol–water partition coefficient (Wildman–Crippen LogP) is 2.79. The standard InChI is InChI=1S/C22H24FN3O3/c1-28-20-8-3-16(13-21(20)29-2)14-22(27)26-11-9-25(10-12-26)19(15-24)17-4-6-18(23)7-5-17/h3-8,13,19H,9-12,14H2,1-2H3. The molecule has 0 N–H and O–H groups in total. The molecule has 1 aliphatic heterocycles. The van der Waals surface area contributed by atoms with Crippen LogP contribution in [0.2, 0.25) is 0 Å². The van der Waals surface area contributed by atoms with Crippen LogP contribution in [0.15, 0.2) is 42.5 Å². The number of amides is 1. The minimum atomic E-state index is -0.446. The highest BCUT2D eigenvalue weighted by molar-refractivity contribution is 5.79. The molecule has 0 bridgehead atoms. The van der Waals surface area contributed by atoms with E-state index in [4.69, 9.17) is 9.47 Å². The molecule has 1 heterocycles. The summed E-state index contributed by atoms with van der Waals surface area (Å²) >= 11 is 0. The molecule has 2 aromatic rings. The molecule has 1 amide bonds. The second-order valence-electron chi connectivity index (χ2n) is 6.87. The van der Waals surface area contributed by atoms with Crippen LogP contribution in [0.4, 0.5) is 4.39 Å². The molecule has 1 fully saturated rings. The first kappa shape index (κ1) is 20.6. The molecule has 0 aromatic heterocycles. The molecular weight excluding hydrogens is 373 g/mol. The van der Waals surface area contributed by atoms with Gasteiger partial charge >= 0.3 is 0 Å². The summed E-state index contributed by atoms with van der Waals surface area (Å²) in [5, 5.41) is 9.58. The third-order valence-corrected chi connectivity index (χ3v) is 5.14. The van der Waals surface area contributed by atoms with Gasteiger partial charge < -0.3 is 14.4 Å². The minimum absolute atomic E-state index is 0.0344. The van der Waals surface area contributed by atoms with Gasteiger partial charge in [0.2, 0.25) is 5.91 Å². The Bertz CT molecular complexity index is 887. The van der Waals surface area contributed by atoms with Crippen LogP contribution in [0.25, 0.3) is 0 Å². The molecular formula is C22H24FN3O3. The second kappa shape index (κ2) is 9.39. The average Bonchev–Trinajstić information content (AvgIpc) is 2.76. The fraction of sp³-hybridized carbons (Fsp3) is 0.364. The Morgan fingerprint density at radius 3 is 2.31 bits per heavy atom. The van der Waals surface area contributed by atoms with Crippen molar-refractivity contribution in [2.75, 3.05) is 40.4 Å². The van der Waals surface area contributed by atoms with Crippen LogP contribution in [0, 0.1) is 17.1 Å². The van der Waals surface area contributed by atoms with E-state index >= 15 is 0 Å². The lowest BCUT2D eigenvalue weighted by atomic mass is 10.1. The van der Waals surface area contributed by atoms with Crippen molar-refractivity contribution in [2.45, 2.75) is 12.5 Å². The van der Waals surface area contributed by atoms with Gasteiger partial charge in [0, 0.05) is 26.2 Å². The first-order chi connectivity index (χ1) is 14.0. The molecule has 0 spiro atoms. The van der Waals surface area contributed by atoms with Gasteiger partial charge in [-0.25, -0.2) is 4.39 Å². The maximum atomic E-state index is 13.1. The van der Waals surface area contributed by atoms with Gasteiger partial charge in [-0.3, -0.25) is 9.69 Å². The Balaban J connectivity index is 1.59. The highest BCUT2D eigenvalue weighted by Gasteiger charge is 2.27. The maximum absolute atomic E-state index is 13.1. The average molecular weight is 397 g/mol. The lowest BCUT2D eigenvalue weighted by Crippen LogP contribution is -2.49. The molecule has 1 unspecified atom stereocenters. The number of ether oxygens (including phenoxy) is 2. The normalized spacial score (nSPS) is 15.4. The summed E-state index contributed by atoms with van der Waals surface area (Å²) in [6.45, 7) is 2.28. The van der Waals surface area contributed by atoms with Crippen LogP contribution in [0.5, 0.6) is 11.5 Å². The van der Waals surface area contributed by atoms with Gasteiger partial charge in [0.1, 0.15) is 11.9 Å². The summed E-state index contributed by atoms with van der Waals surface area (Å²) < 4.78 is 23.7. The maximum Gasteiger partial charge on any atom is 0.227 e. The summed E-state index contributed by atoms with van der Waals surface area (Å²) in [6.07, 6.45) is 0.278. The van der Waals surface area contributed by atoms with Gasteiger partial charge in [0.25, 0.3) is 0 Å². The van der Waals surface area contributed by atoms with Crippen molar-refractivity contribution in [1.82, 2.24) is 9.80 Å². The van der Waals surface area contributed by atoms with E-state index in [1.807, 2.05) is 21.9 Å². The Kier molecular flexibility index (Phi) is 6.68. The molecule has 3 rings (SSSR count). The van der Waals surface area contributed by atoms with Crippen molar-refractivity contribution in [3.63, 3.8) is 0 Å². The molecule has 29 heavy (non-hydrogen) atoms. The van der Waals surface area contributed by atoms with Crippen molar-refractivity contribution in [2.24, 2.45) is 0 Å². The van der Waals surface area contributed by atoms with Gasteiger partial charge in [-0.15, -0.1) is 0 Å². The van der Waals surface area contributed by atoms with E-state index in [9.17, 15) is 14.4 Å². The topological polar surface area (TPSA) is 65.8 Å². The number of rotatable bonds is 6. The first-order valence-corrected chi connectivity index (χ1v) is 9.43. The van der Waals surface area contributed by atoms with Crippen molar-refractivity contribution < 1.29 is 18.7 Å². The number of carbonyl (C=O) groups excluding carboxylic acids is 1. The zero-order valence-electron chi connectivity index (χ0n) is 16.6. The fourth-order valence-corrected chi connectivity index (χ4v) is 3.52. The highest BCUT2D eigenvalue weighted by Crippen LogP contribution is 2.28. The van der Waals surface area contributed by atoms with Crippen LogP contribution in [0.1, 0.15) is 17.2 Å². The molecule has 2 aromatic carbocycles. The predicted molar refractivity (Wildman–Crippen MR) is 106 cm³/mol. The Labute approximate surface area is 170 Å². The van der Waals surface area contributed by atoms with Gasteiger partial charge in [-0.05, 0) is 35.4 Å². The monoisotopic (exact) mass is 397 g/mol. The largest absolute Gasteiger partial charge is 0.493 e. The van der Waals surface area contributed by atoms with Crippen molar-refractivity contribution >= 4 is 5.91 Å². The number of hydrogen-bond donors (Lipinski definition) is 0. The quantitative estimate of drug-likeness (QED) is 0.750. The summed E-state index contributed by atoms with van der Waals surface area (Å²) in [4.78, 5) is 16.5. The van der Waals surface area contributed by atoms with E-state index in [0.29, 0.717) is 37.7 Å². The molecule has 0 saturated carbocycles. The number of nitrogens with zero attached hydrogens (tertiary/aromatic N) is 3. The van der Waals surface area contributed by atoms with E-state index in [0.717, 1.165) is 11.1 Å². The second-order valence-corrected chi connectivity index (χ2v) is 6.87. The van der Waals surface area contributed by atoms with E-state index in [1.165, 1.54) is 12.1 Å². The first-order valence-electron chi connectivity index (χ1n) is 9.43. The Morgan fingerprint density at radius 1 is 1.07 bits per heavy atom. The lowest BCUT2D eigenvalue weighted by molar-refractivity contribution is -0.132. The molecule has 0 radical (unpaired) electrons. The van der Waals surface area contributed by atoms with Crippen molar-refractivity contribution in [1.29, 1.82) is 5.26 Å². The molecule has 1 atom stereocenters. The highest BCUT2D eigenvalue weighted by atomic mass is 19.1. The van der Waals surface area contributed by atoms with Gasteiger partial charge in [-0.1, -0.05) is 18.2 Å². The van der Waals surface area contributed by atoms with Crippen molar-refractivity contribution in [3.8, 4) is 17.6 Å². The molecule has 6 nitrogen and oxygen atoms in total. The zero-order valence-corrected chi connectivity index (χ0v) is 16.6. The summed E-state index contributed by atoms with van der Waals surface area (Å²) in [5.41, 5.74) is 1.62. The number of hydrogen-bond acceptors (Lipinski definition) is 5. The molecule has 7 heteroatoms. The van der Waals surface area contributed by atoms with Gasteiger partial charge in [0.15, 0.2) is 11.5 Å². The van der Waals surface area contributed by atoms with Crippen LogP contribution < -0.4 is 9.47 Å². The van der Waals surface area contributed by atoms with Crippen molar-refractivity contribution in [3.05, 3.63) is 59.4 Å². The van der Waals surface area contributed by atoms with E-state index < -0.39 is 6.04 Å². The minimum Gasteiger partial charge on any atom is -0.493 e. The Hall–Kier alpha value is -3.11. The van der Waals surface area contributed by atoms with Crippen LogP contribution in [-0.2, 0) is 11.2 Å². The van der Waals surface area contributed by atoms with E-state index in [-0.39, 0.29) is 18.1 Å². The Morgan fingerprint density at radius 2 is 1.72 bits per heavy atom. The molecule has 1 aliphatic rings. The SMILES string of the molecule is COc1ccc(CC(=O)N2CCN(C(C#N)c3ccc(F)cc3)CC2)cc1OC. The van der Waals surface area contributed by atoms with E-state index in [1.54, 1.807) is 32.4 Å². The van der Waals surface area contributed by atoms with Gasteiger partial charge in [-0.2, -0.15) is 5.26 Å². The molecule has 0 aliphatic carbocycles.